The molecule has 1 aromatic rings. The lowest BCUT2D eigenvalue weighted by Gasteiger charge is -2.07. The number of benzene rings is 1. The summed E-state index contributed by atoms with van der Waals surface area (Å²) in [6.45, 7) is 2.70. The summed E-state index contributed by atoms with van der Waals surface area (Å²) in [5, 5.41) is 0. The first-order chi connectivity index (χ1) is 6.81. The van der Waals surface area contributed by atoms with Crippen LogP contribution in [-0.4, -0.2) is 12.9 Å². The van der Waals surface area contributed by atoms with Gasteiger partial charge in [0.25, 0.3) is 0 Å². The smallest absolute Gasteiger partial charge is 0.123 e. The summed E-state index contributed by atoms with van der Waals surface area (Å²) < 4.78 is 5.63. The van der Waals surface area contributed by atoms with E-state index in [2.05, 4.69) is 0 Å². The number of aldehydes is 1. The summed E-state index contributed by atoms with van der Waals surface area (Å²) in [6.07, 6.45) is 2.03. The van der Waals surface area contributed by atoms with Gasteiger partial charge in [0, 0.05) is 11.8 Å². The molecule has 1 saturated carbocycles. The number of carbonyl (C=O) groups is 1. The van der Waals surface area contributed by atoms with E-state index >= 15 is 0 Å². The highest BCUT2D eigenvalue weighted by molar-refractivity contribution is 5.58. The maximum absolute atomic E-state index is 10.4. The molecular formula is C12H14O2. The molecule has 0 spiro atoms. The molecule has 2 atom stereocenters. The van der Waals surface area contributed by atoms with Gasteiger partial charge in [-0.25, -0.2) is 0 Å². The van der Waals surface area contributed by atoms with Crippen LogP contribution in [0, 0.1) is 18.8 Å². The molecule has 0 aliphatic heterocycles. The van der Waals surface area contributed by atoms with Crippen LogP contribution in [0.25, 0.3) is 0 Å². The van der Waals surface area contributed by atoms with Crippen molar-refractivity contribution >= 4 is 6.29 Å². The van der Waals surface area contributed by atoms with Gasteiger partial charge in [-0.15, -0.1) is 0 Å². The zero-order valence-corrected chi connectivity index (χ0v) is 8.27. The normalized spacial score (nSPS) is 24.4. The van der Waals surface area contributed by atoms with Gasteiger partial charge in [0.15, 0.2) is 0 Å². The largest absolute Gasteiger partial charge is 0.493 e. The first-order valence-electron chi connectivity index (χ1n) is 4.95. The quantitative estimate of drug-likeness (QED) is 0.680. The van der Waals surface area contributed by atoms with Crippen molar-refractivity contribution in [2.24, 2.45) is 11.8 Å². The molecule has 2 unspecified atom stereocenters. The van der Waals surface area contributed by atoms with E-state index in [1.54, 1.807) is 0 Å². The lowest BCUT2D eigenvalue weighted by atomic mass is 10.2. The molecule has 0 N–H and O–H groups in total. The van der Waals surface area contributed by atoms with Crippen molar-refractivity contribution < 1.29 is 9.53 Å². The van der Waals surface area contributed by atoms with Crippen molar-refractivity contribution in [2.45, 2.75) is 13.3 Å². The lowest BCUT2D eigenvalue weighted by Crippen LogP contribution is -2.02. The topological polar surface area (TPSA) is 26.3 Å². The first-order valence-corrected chi connectivity index (χ1v) is 4.95. The molecule has 0 heterocycles. The van der Waals surface area contributed by atoms with Gasteiger partial charge in [-0.1, -0.05) is 18.2 Å². The Morgan fingerprint density at radius 2 is 2.29 bits per heavy atom. The summed E-state index contributed by atoms with van der Waals surface area (Å²) >= 11 is 0. The highest BCUT2D eigenvalue weighted by atomic mass is 16.5. The van der Waals surface area contributed by atoms with Gasteiger partial charge in [-0.05, 0) is 25.0 Å². The van der Waals surface area contributed by atoms with E-state index in [1.165, 1.54) is 0 Å². The second-order valence-electron chi connectivity index (χ2n) is 3.87. The van der Waals surface area contributed by atoms with Crippen LogP contribution >= 0.6 is 0 Å². The molecule has 0 aromatic heterocycles. The Hall–Kier alpha value is -1.31. The highest BCUT2D eigenvalue weighted by Gasteiger charge is 2.37. The Balaban J connectivity index is 1.87. The number of aryl methyl sites for hydroxylation is 1. The Labute approximate surface area is 83.9 Å². The predicted octanol–water partition coefficient (Wildman–Crippen LogP) is 2.21. The number of carbonyl (C=O) groups excluding carboxylic acids is 1. The fraction of sp³-hybridized carbons (Fsp3) is 0.417. The van der Waals surface area contributed by atoms with E-state index in [0.717, 1.165) is 24.0 Å². The molecule has 2 rings (SSSR count). The van der Waals surface area contributed by atoms with Gasteiger partial charge in [0.1, 0.15) is 12.0 Å². The number of rotatable bonds is 4. The van der Waals surface area contributed by atoms with Crippen molar-refractivity contribution in [3.05, 3.63) is 29.8 Å². The molecule has 2 nitrogen and oxygen atoms in total. The second kappa shape index (κ2) is 3.82. The fourth-order valence-electron chi connectivity index (χ4n) is 1.54. The SMILES string of the molecule is Cc1ccccc1OCC1CC1C=O. The lowest BCUT2D eigenvalue weighted by molar-refractivity contribution is -0.109. The third kappa shape index (κ3) is 1.95. The maximum Gasteiger partial charge on any atom is 0.123 e. The monoisotopic (exact) mass is 190 g/mol. The minimum absolute atomic E-state index is 0.249. The van der Waals surface area contributed by atoms with Crippen LogP contribution in [0.4, 0.5) is 0 Å². The van der Waals surface area contributed by atoms with Crippen molar-refractivity contribution in [1.29, 1.82) is 0 Å². The maximum atomic E-state index is 10.4. The van der Waals surface area contributed by atoms with Gasteiger partial charge < -0.3 is 9.53 Å². The Morgan fingerprint density at radius 1 is 1.50 bits per heavy atom. The highest BCUT2D eigenvalue weighted by Crippen LogP contribution is 2.36. The number of ether oxygens (including phenoxy) is 1. The van der Waals surface area contributed by atoms with Gasteiger partial charge in [0.05, 0.1) is 6.61 Å². The molecule has 0 bridgehead atoms. The molecule has 0 radical (unpaired) electrons. The molecule has 0 amide bonds. The zero-order valence-electron chi connectivity index (χ0n) is 8.27. The molecule has 1 aliphatic rings. The minimum Gasteiger partial charge on any atom is -0.493 e. The Bertz CT molecular complexity index is 333. The van der Waals surface area contributed by atoms with Crippen LogP contribution in [0.1, 0.15) is 12.0 Å². The van der Waals surface area contributed by atoms with Crippen LogP contribution in [0.15, 0.2) is 24.3 Å². The average molecular weight is 190 g/mol. The second-order valence-corrected chi connectivity index (χ2v) is 3.87. The molecule has 1 aliphatic carbocycles. The number of hydrogen-bond acceptors (Lipinski definition) is 2. The van der Waals surface area contributed by atoms with Crippen LogP contribution < -0.4 is 4.74 Å². The standard InChI is InChI=1S/C12H14O2/c1-9-4-2-3-5-12(9)14-8-11-6-10(11)7-13/h2-5,7,10-11H,6,8H2,1H3. The molecule has 14 heavy (non-hydrogen) atoms. The summed E-state index contributed by atoms with van der Waals surface area (Å²) in [4.78, 5) is 10.4. The summed E-state index contributed by atoms with van der Waals surface area (Å²) in [5.41, 5.74) is 1.15. The van der Waals surface area contributed by atoms with Gasteiger partial charge >= 0.3 is 0 Å². The predicted molar refractivity (Wildman–Crippen MR) is 54.3 cm³/mol. The van der Waals surface area contributed by atoms with Crippen molar-refractivity contribution in [2.75, 3.05) is 6.61 Å². The summed E-state index contributed by atoms with van der Waals surface area (Å²) in [5.74, 6) is 1.63. The number of para-hydroxylation sites is 1. The molecule has 74 valence electrons. The Kier molecular flexibility index (Phi) is 2.53. The van der Waals surface area contributed by atoms with Gasteiger partial charge in [-0.3, -0.25) is 0 Å². The average Bonchev–Trinajstić information content (AvgIpc) is 2.95. The van der Waals surface area contributed by atoms with Crippen LogP contribution in [-0.2, 0) is 4.79 Å². The first kappa shape index (κ1) is 9.25. The fourth-order valence-corrected chi connectivity index (χ4v) is 1.54. The molecule has 1 aromatic carbocycles. The van der Waals surface area contributed by atoms with Crippen molar-refractivity contribution in [3.63, 3.8) is 0 Å². The van der Waals surface area contributed by atoms with Crippen molar-refractivity contribution in [3.8, 4) is 5.75 Å². The van der Waals surface area contributed by atoms with Crippen LogP contribution in [0.5, 0.6) is 5.75 Å². The third-order valence-electron chi connectivity index (χ3n) is 2.70. The van der Waals surface area contributed by atoms with E-state index in [1.807, 2.05) is 31.2 Å². The minimum atomic E-state index is 0.249. The molecule has 0 saturated heterocycles. The van der Waals surface area contributed by atoms with Crippen LogP contribution in [0.3, 0.4) is 0 Å². The zero-order chi connectivity index (χ0) is 9.97. The van der Waals surface area contributed by atoms with Crippen LogP contribution in [0.2, 0.25) is 0 Å². The molecule has 2 heteroatoms. The van der Waals surface area contributed by atoms with E-state index in [4.69, 9.17) is 4.74 Å². The van der Waals surface area contributed by atoms with E-state index in [9.17, 15) is 4.79 Å². The van der Waals surface area contributed by atoms with Crippen molar-refractivity contribution in [1.82, 2.24) is 0 Å². The van der Waals surface area contributed by atoms with E-state index in [0.29, 0.717) is 12.5 Å². The van der Waals surface area contributed by atoms with E-state index < -0.39 is 0 Å². The summed E-state index contributed by atoms with van der Waals surface area (Å²) in [6, 6.07) is 7.95. The summed E-state index contributed by atoms with van der Waals surface area (Å²) in [7, 11) is 0. The third-order valence-corrected chi connectivity index (χ3v) is 2.70. The molecule has 1 fully saturated rings. The van der Waals surface area contributed by atoms with Gasteiger partial charge in [-0.2, -0.15) is 0 Å². The Morgan fingerprint density at radius 3 is 2.93 bits per heavy atom. The molecular weight excluding hydrogens is 176 g/mol. The van der Waals surface area contributed by atoms with E-state index in [-0.39, 0.29) is 5.92 Å². The van der Waals surface area contributed by atoms with Gasteiger partial charge in [0.2, 0.25) is 0 Å². The number of hydrogen-bond donors (Lipinski definition) is 0.